The summed E-state index contributed by atoms with van der Waals surface area (Å²) in [5.74, 6) is 0.801. The largest absolute Gasteiger partial charge is 0.364 e. The Hall–Kier alpha value is -2.40. The molecule has 102 valence electrons. The summed E-state index contributed by atoms with van der Waals surface area (Å²) >= 11 is 0. The fraction of sp³-hybridized carbons (Fsp3) is 0.200. The van der Waals surface area contributed by atoms with Crippen LogP contribution in [0.3, 0.4) is 0 Å². The summed E-state index contributed by atoms with van der Waals surface area (Å²) in [5.41, 5.74) is 10.0. The lowest BCUT2D eigenvalue weighted by atomic mass is 10.1. The third-order valence-electron chi connectivity index (χ3n) is 3.43. The third-order valence-corrected chi connectivity index (χ3v) is 3.43. The number of anilines is 1. The van der Waals surface area contributed by atoms with Crippen LogP contribution in [0.1, 0.15) is 11.1 Å². The fourth-order valence-corrected chi connectivity index (χ4v) is 2.30. The standard InChI is InChI=1S/C15H17N5/c1-20-10-19-14-13(20)6-7-17-15(14)18-9-12-5-3-2-4-11(12)8-16/h2-7,10H,8-9,16H2,1H3,(H,17,18). The van der Waals surface area contributed by atoms with E-state index in [9.17, 15) is 0 Å². The van der Waals surface area contributed by atoms with Crippen molar-refractivity contribution in [3.63, 3.8) is 0 Å². The van der Waals surface area contributed by atoms with E-state index in [1.807, 2.05) is 35.9 Å². The highest BCUT2D eigenvalue weighted by atomic mass is 15.1. The molecule has 5 heteroatoms. The SMILES string of the molecule is Cn1cnc2c(NCc3ccccc3CN)nccc21. The van der Waals surface area contributed by atoms with Crippen LogP contribution in [0.5, 0.6) is 0 Å². The molecule has 0 spiro atoms. The average molecular weight is 267 g/mol. The van der Waals surface area contributed by atoms with Gasteiger partial charge in [-0.3, -0.25) is 0 Å². The van der Waals surface area contributed by atoms with Gasteiger partial charge in [0.1, 0.15) is 5.52 Å². The van der Waals surface area contributed by atoms with Gasteiger partial charge in [0.05, 0.1) is 11.8 Å². The van der Waals surface area contributed by atoms with E-state index in [0.717, 1.165) is 22.4 Å². The van der Waals surface area contributed by atoms with E-state index >= 15 is 0 Å². The van der Waals surface area contributed by atoms with Crippen molar-refractivity contribution < 1.29 is 0 Å². The normalized spacial score (nSPS) is 10.9. The number of aromatic nitrogens is 3. The summed E-state index contributed by atoms with van der Waals surface area (Å²) in [6, 6.07) is 10.1. The summed E-state index contributed by atoms with van der Waals surface area (Å²) in [5, 5.41) is 3.35. The minimum Gasteiger partial charge on any atom is -0.364 e. The number of fused-ring (bicyclic) bond motifs is 1. The van der Waals surface area contributed by atoms with Gasteiger partial charge in [-0.2, -0.15) is 0 Å². The maximum absolute atomic E-state index is 5.75. The maximum Gasteiger partial charge on any atom is 0.154 e. The molecule has 3 aromatic rings. The molecule has 5 nitrogen and oxygen atoms in total. The van der Waals surface area contributed by atoms with Gasteiger partial charge in [0.15, 0.2) is 5.82 Å². The van der Waals surface area contributed by atoms with Crippen LogP contribution in [0.4, 0.5) is 5.82 Å². The predicted molar refractivity (Wildman–Crippen MR) is 80.2 cm³/mol. The molecule has 0 unspecified atom stereocenters. The van der Waals surface area contributed by atoms with Gasteiger partial charge in [-0.05, 0) is 17.2 Å². The molecule has 20 heavy (non-hydrogen) atoms. The van der Waals surface area contributed by atoms with E-state index in [1.165, 1.54) is 5.56 Å². The van der Waals surface area contributed by atoms with Crippen LogP contribution in [0, 0.1) is 0 Å². The second-order valence-electron chi connectivity index (χ2n) is 4.71. The van der Waals surface area contributed by atoms with E-state index in [-0.39, 0.29) is 0 Å². The van der Waals surface area contributed by atoms with Crippen LogP contribution in [-0.4, -0.2) is 14.5 Å². The molecule has 3 rings (SSSR count). The van der Waals surface area contributed by atoms with E-state index in [4.69, 9.17) is 5.73 Å². The summed E-state index contributed by atoms with van der Waals surface area (Å²) in [4.78, 5) is 8.76. The van der Waals surface area contributed by atoms with Crippen LogP contribution in [-0.2, 0) is 20.1 Å². The summed E-state index contributed by atoms with van der Waals surface area (Å²) in [7, 11) is 1.98. The zero-order valence-electron chi connectivity index (χ0n) is 11.4. The van der Waals surface area contributed by atoms with Crippen molar-refractivity contribution in [3.05, 3.63) is 54.0 Å². The Kier molecular flexibility index (Phi) is 3.35. The molecule has 0 aliphatic carbocycles. The topological polar surface area (TPSA) is 68.8 Å². The van der Waals surface area contributed by atoms with Crippen molar-refractivity contribution in [1.82, 2.24) is 14.5 Å². The molecule has 0 radical (unpaired) electrons. The summed E-state index contributed by atoms with van der Waals surface area (Å²) in [6.45, 7) is 1.23. The van der Waals surface area contributed by atoms with Gasteiger partial charge >= 0.3 is 0 Å². The van der Waals surface area contributed by atoms with Crippen molar-refractivity contribution in [1.29, 1.82) is 0 Å². The van der Waals surface area contributed by atoms with Crippen LogP contribution >= 0.6 is 0 Å². The summed E-state index contributed by atoms with van der Waals surface area (Å²) < 4.78 is 1.98. The van der Waals surface area contributed by atoms with Gasteiger partial charge < -0.3 is 15.6 Å². The van der Waals surface area contributed by atoms with Crippen molar-refractivity contribution in [2.45, 2.75) is 13.1 Å². The quantitative estimate of drug-likeness (QED) is 0.759. The first-order valence-electron chi connectivity index (χ1n) is 6.56. The Morgan fingerprint density at radius 3 is 2.75 bits per heavy atom. The molecule has 2 aromatic heterocycles. The lowest BCUT2D eigenvalue weighted by Gasteiger charge is -2.10. The Morgan fingerprint density at radius 1 is 1.15 bits per heavy atom. The molecular weight excluding hydrogens is 250 g/mol. The van der Waals surface area contributed by atoms with Gasteiger partial charge in [-0.25, -0.2) is 9.97 Å². The number of benzene rings is 1. The first-order valence-corrected chi connectivity index (χ1v) is 6.56. The van der Waals surface area contributed by atoms with E-state index < -0.39 is 0 Å². The first-order chi connectivity index (χ1) is 9.79. The van der Waals surface area contributed by atoms with E-state index in [1.54, 1.807) is 12.5 Å². The molecule has 0 aliphatic rings. The number of nitrogens with one attached hydrogen (secondary N) is 1. The van der Waals surface area contributed by atoms with Gasteiger partial charge in [-0.15, -0.1) is 0 Å². The number of nitrogens with zero attached hydrogens (tertiary/aromatic N) is 3. The number of hydrogen-bond donors (Lipinski definition) is 2. The Bertz CT molecular complexity index is 732. The van der Waals surface area contributed by atoms with Crippen LogP contribution in [0.15, 0.2) is 42.9 Å². The molecule has 0 bridgehead atoms. The van der Waals surface area contributed by atoms with Crippen molar-refractivity contribution in [2.24, 2.45) is 12.8 Å². The smallest absolute Gasteiger partial charge is 0.154 e. The van der Waals surface area contributed by atoms with E-state index in [0.29, 0.717) is 13.1 Å². The number of rotatable bonds is 4. The van der Waals surface area contributed by atoms with Crippen molar-refractivity contribution >= 4 is 16.9 Å². The van der Waals surface area contributed by atoms with Gasteiger partial charge in [-0.1, -0.05) is 24.3 Å². The second kappa shape index (κ2) is 5.30. The highest BCUT2D eigenvalue weighted by Gasteiger charge is 2.07. The van der Waals surface area contributed by atoms with Crippen LogP contribution in [0.2, 0.25) is 0 Å². The van der Waals surface area contributed by atoms with E-state index in [2.05, 4.69) is 21.4 Å². The molecule has 0 saturated heterocycles. The van der Waals surface area contributed by atoms with Crippen LogP contribution < -0.4 is 11.1 Å². The minimum absolute atomic E-state index is 0.541. The zero-order chi connectivity index (χ0) is 13.9. The molecule has 0 aliphatic heterocycles. The van der Waals surface area contributed by atoms with Gasteiger partial charge in [0.25, 0.3) is 0 Å². The molecule has 0 saturated carbocycles. The Balaban J connectivity index is 1.87. The number of imidazole rings is 1. The lowest BCUT2D eigenvalue weighted by molar-refractivity contribution is 0.947. The third kappa shape index (κ3) is 2.23. The predicted octanol–water partition coefficient (Wildman–Crippen LogP) is 2.04. The first kappa shape index (κ1) is 12.6. The minimum atomic E-state index is 0.541. The zero-order valence-corrected chi connectivity index (χ0v) is 11.4. The molecule has 0 amide bonds. The monoisotopic (exact) mass is 267 g/mol. The summed E-state index contributed by atoms with van der Waals surface area (Å²) in [6.07, 6.45) is 3.59. The number of aryl methyl sites for hydroxylation is 1. The number of nitrogens with two attached hydrogens (primary N) is 1. The van der Waals surface area contributed by atoms with Crippen molar-refractivity contribution in [3.8, 4) is 0 Å². The molecular formula is C15H17N5. The molecule has 0 atom stereocenters. The lowest BCUT2D eigenvalue weighted by Crippen LogP contribution is -2.07. The Morgan fingerprint density at radius 2 is 1.95 bits per heavy atom. The fourth-order valence-electron chi connectivity index (χ4n) is 2.30. The molecule has 3 N–H and O–H groups in total. The average Bonchev–Trinajstić information content (AvgIpc) is 2.88. The van der Waals surface area contributed by atoms with Crippen molar-refractivity contribution in [2.75, 3.05) is 5.32 Å². The maximum atomic E-state index is 5.75. The number of pyridine rings is 1. The molecule has 2 heterocycles. The highest BCUT2D eigenvalue weighted by Crippen LogP contribution is 2.19. The molecule has 1 aromatic carbocycles. The van der Waals surface area contributed by atoms with Gasteiger partial charge in [0.2, 0.25) is 0 Å². The molecule has 0 fully saturated rings. The van der Waals surface area contributed by atoms with Gasteiger partial charge in [0, 0.05) is 26.3 Å². The highest BCUT2D eigenvalue weighted by molar-refractivity contribution is 5.85. The Labute approximate surface area is 117 Å². The second-order valence-corrected chi connectivity index (χ2v) is 4.71. The number of hydrogen-bond acceptors (Lipinski definition) is 4. The van der Waals surface area contributed by atoms with Crippen LogP contribution in [0.25, 0.3) is 11.0 Å².